The van der Waals surface area contributed by atoms with Crippen LogP contribution in [0, 0.1) is 17.8 Å². The Morgan fingerprint density at radius 2 is 1.11 bits per heavy atom. The van der Waals surface area contributed by atoms with E-state index in [2.05, 4.69) is 33.0 Å². The van der Waals surface area contributed by atoms with Gasteiger partial charge in [-0.2, -0.15) is 0 Å². The van der Waals surface area contributed by atoms with Crippen molar-refractivity contribution >= 4 is 11.9 Å². The van der Waals surface area contributed by atoms with Gasteiger partial charge >= 0.3 is 5.97 Å². The van der Waals surface area contributed by atoms with E-state index in [1.807, 2.05) is 72.8 Å². The van der Waals surface area contributed by atoms with Crippen LogP contribution in [-0.2, 0) is 57.8 Å². The third kappa shape index (κ3) is 15.2. The Morgan fingerprint density at radius 1 is 0.619 bits per heavy atom. The van der Waals surface area contributed by atoms with Gasteiger partial charge in [0.05, 0.1) is 72.0 Å². The first-order chi connectivity index (χ1) is 30.5. The molecule has 63 heavy (non-hydrogen) atoms. The second-order valence-corrected chi connectivity index (χ2v) is 17.0. The van der Waals surface area contributed by atoms with Crippen LogP contribution < -0.4 is 19.5 Å². The summed E-state index contributed by atoms with van der Waals surface area (Å²) in [6.45, 7) is 10.9. The first-order valence-corrected chi connectivity index (χ1v) is 22.7. The minimum absolute atomic E-state index is 0.00749. The first kappa shape index (κ1) is 49.8. The van der Waals surface area contributed by atoms with Crippen molar-refractivity contribution in [1.29, 1.82) is 0 Å². The van der Waals surface area contributed by atoms with Crippen LogP contribution in [0.4, 0.5) is 0 Å². The number of carbonyl (C=O) groups is 2. The number of methoxy groups -OCH3 is 3. The first-order valence-electron chi connectivity index (χ1n) is 22.7. The summed E-state index contributed by atoms with van der Waals surface area (Å²) in [5.41, 5.74) is 3.09. The maximum atomic E-state index is 11.9. The van der Waals surface area contributed by atoms with Crippen LogP contribution in [0.5, 0.6) is 17.2 Å². The molecule has 10 atom stereocenters. The van der Waals surface area contributed by atoms with Gasteiger partial charge in [-0.3, -0.25) is 9.59 Å². The number of ether oxygens (including phenoxy) is 9. The molecule has 2 fully saturated rings. The van der Waals surface area contributed by atoms with Crippen molar-refractivity contribution in [2.45, 2.75) is 142 Å². The molecule has 1 aliphatic heterocycles. The summed E-state index contributed by atoms with van der Waals surface area (Å²) in [5.74, 6) is 1.31. The minimum Gasteiger partial charge on any atom is -0.497 e. The number of nitrogens with one attached hydrogen (secondary N) is 1. The van der Waals surface area contributed by atoms with Gasteiger partial charge in [-0.1, -0.05) is 76.9 Å². The van der Waals surface area contributed by atoms with E-state index in [1.54, 1.807) is 21.3 Å². The molecule has 13 nitrogen and oxygen atoms in total. The second kappa shape index (κ2) is 25.9. The highest BCUT2D eigenvalue weighted by molar-refractivity contribution is 5.80. The second-order valence-electron chi connectivity index (χ2n) is 17.0. The van der Waals surface area contributed by atoms with Crippen molar-refractivity contribution in [2.75, 3.05) is 34.5 Å². The molecule has 0 spiro atoms. The fourth-order valence-corrected chi connectivity index (χ4v) is 8.56. The Balaban J connectivity index is 1.31. The fraction of sp³-hybridized carbons (Fsp3) is 0.600. The lowest BCUT2D eigenvalue weighted by molar-refractivity contribution is -0.325. The van der Waals surface area contributed by atoms with Gasteiger partial charge in [0.15, 0.2) is 6.29 Å². The quantitative estimate of drug-likeness (QED) is 0.0745. The predicted octanol–water partition coefficient (Wildman–Crippen LogP) is 8.53. The maximum Gasteiger partial charge on any atom is 0.303 e. The number of hydrogen-bond acceptors (Lipinski definition) is 11. The Labute approximate surface area is 374 Å². The molecule has 0 bridgehead atoms. The number of carboxylic acid groups (broad SMARTS) is 1. The maximum absolute atomic E-state index is 11.9. The van der Waals surface area contributed by atoms with Gasteiger partial charge in [0.1, 0.15) is 29.5 Å². The van der Waals surface area contributed by atoms with Gasteiger partial charge in [-0.25, -0.2) is 0 Å². The van der Waals surface area contributed by atoms with Gasteiger partial charge < -0.3 is 53.1 Å². The van der Waals surface area contributed by atoms with E-state index < -0.39 is 12.3 Å². The van der Waals surface area contributed by atoms with Crippen molar-refractivity contribution < 1.29 is 57.3 Å². The zero-order valence-corrected chi connectivity index (χ0v) is 38.3. The predicted molar refractivity (Wildman–Crippen MR) is 239 cm³/mol. The molecule has 0 aromatic heterocycles. The number of aliphatic carboxylic acids is 1. The zero-order chi connectivity index (χ0) is 45.1. The van der Waals surface area contributed by atoms with Gasteiger partial charge in [0, 0.05) is 25.5 Å². The van der Waals surface area contributed by atoms with E-state index >= 15 is 0 Å². The summed E-state index contributed by atoms with van der Waals surface area (Å²) < 4.78 is 57.4. The summed E-state index contributed by atoms with van der Waals surface area (Å²) >= 11 is 0. The van der Waals surface area contributed by atoms with Crippen LogP contribution in [0.25, 0.3) is 0 Å². The number of carboxylic acids is 1. The number of carbonyl (C=O) groups excluding carboxylic acids is 1. The van der Waals surface area contributed by atoms with Gasteiger partial charge in [-0.05, 0) is 90.6 Å². The standard InChI is InChI=1S/C50H71NO12/c1-8-42-48(61-32-38-17-23-41(57-7)24-18-38)47(60-31-37-15-21-40(56-6)22-16-37)35(4)50(62-42)63-46-34(3)29-33(2)45(59-30-36-13-19-39(55-5)20-14-36)49(46)58-28-12-10-9-11-27-51-43(52)25-26-44(53)54/h13-24,33-35,42,45-50H,8-12,25-32H2,1-7H3,(H,51,52)(H,53,54). The summed E-state index contributed by atoms with van der Waals surface area (Å²) in [4.78, 5) is 22.7. The van der Waals surface area contributed by atoms with Crippen molar-refractivity contribution in [3.8, 4) is 17.2 Å². The molecule has 1 amide bonds. The fourth-order valence-electron chi connectivity index (χ4n) is 8.56. The third-order valence-corrected chi connectivity index (χ3v) is 12.2. The van der Waals surface area contributed by atoms with E-state index in [9.17, 15) is 9.59 Å². The molecule has 0 radical (unpaired) electrons. The number of unbranched alkanes of at least 4 members (excludes halogenated alkanes) is 3. The highest BCUT2D eigenvalue weighted by atomic mass is 16.7. The van der Waals surface area contributed by atoms with E-state index in [-0.39, 0.29) is 73.1 Å². The van der Waals surface area contributed by atoms with Crippen LogP contribution in [0.3, 0.4) is 0 Å². The van der Waals surface area contributed by atoms with Crippen molar-refractivity contribution in [1.82, 2.24) is 5.32 Å². The van der Waals surface area contributed by atoms with Gasteiger partial charge in [0.2, 0.25) is 5.91 Å². The van der Waals surface area contributed by atoms with Crippen LogP contribution >= 0.6 is 0 Å². The van der Waals surface area contributed by atoms with E-state index in [1.165, 1.54) is 0 Å². The van der Waals surface area contributed by atoms with Crippen LogP contribution in [0.2, 0.25) is 0 Å². The van der Waals surface area contributed by atoms with Crippen molar-refractivity contribution in [3.63, 3.8) is 0 Å². The third-order valence-electron chi connectivity index (χ3n) is 12.2. The number of amides is 1. The van der Waals surface area contributed by atoms with Crippen LogP contribution in [-0.4, -0.2) is 94.4 Å². The molecule has 1 saturated carbocycles. The lowest BCUT2D eigenvalue weighted by Crippen LogP contribution is -2.59. The molecule has 1 aliphatic carbocycles. The molecule has 2 aliphatic rings. The molecular weight excluding hydrogens is 807 g/mol. The van der Waals surface area contributed by atoms with E-state index in [0.717, 1.165) is 66.0 Å². The Bertz CT molecular complexity index is 1770. The molecular formula is C50H71NO12. The summed E-state index contributed by atoms with van der Waals surface area (Å²) in [7, 11) is 4.97. The largest absolute Gasteiger partial charge is 0.497 e. The highest BCUT2D eigenvalue weighted by Crippen LogP contribution is 2.40. The molecule has 10 unspecified atom stereocenters. The van der Waals surface area contributed by atoms with E-state index in [4.69, 9.17) is 47.7 Å². The normalized spacial score (nSPS) is 25.9. The summed E-state index contributed by atoms with van der Waals surface area (Å²) in [6, 6.07) is 23.7. The SMILES string of the molecule is CCC1OC(OC2C(C)CC(C)C(OCc3ccc(OC)cc3)C2OCCCCCCNC(=O)CCC(=O)O)C(C)C(OCc2ccc(OC)cc2)C1OCc1ccc(OC)cc1. The van der Waals surface area contributed by atoms with Crippen molar-refractivity contribution in [3.05, 3.63) is 89.5 Å². The smallest absolute Gasteiger partial charge is 0.303 e. The number of benzene rings is 3. The monoisotopic (exact) mass is 877 g/mol. The molecule has 348 valence electrons. The van der Waals surface area contributed by atoms with E-state index in [0.29, 0.717) is 39.4 Å². The Morgan fingerprint density at radius 3 is 1.62 bits per heavy atom. The number of hydrogen-bond donors (Lipinski definition) is 2. The average molecular weight is 878 g/mol. The molecule has 3 aromatic carbocycles. The van der Waals surface area contributed by atoms with Crippen molar-refractivity contribution in [2.24, 2.45) is 17.8 Å². The van der Waals surface area contributed by atoms with Crippen LogP contribution in [0.15, 0.2) is 72.8 Å². The molecule has 1 heterocycles. The Kier molecular flexibility index (Phi) is 20.5. The molecule has 5 rings (SSSR count). The van der Waals surface area contributed by atoms with Crippen LogP contribution in [0.1, 0.15) is 95.8 Å². The van der Waals surface area contributed by atoms with Gasteiger partial charge in [-0.15, -0.1) is 0 Å². The number of rotatable bonds is 26. The highest BCUT2D eigenvalue weighted by Gasteiger charge is 2.50. The zero-order valence-electron chi connectivity index (χ0n) is 38.3. The molecule has 13 heteroatoms. The Hall–Kier alpha value is -4.24. The summed E-state index contributed by atoms with van der Waals surface area (Å²) in [5, 5.41) is 11.7. The molecule has 2 N–H and O–H groups in total. The molecule has 3 aromatic rings. The molecule has 1 saturated heterocycles. The lowest BCUT2D eigenvalue weighted by Gasteiger charge is -2.49. The topological polar surface area (TPSA) is 149 Å². The van der Waals surface area contributed by atoms with Gasteiger partial charge in [0.25, 0.3) is 0 Å². The minimum atomic E-state index is -0.974. The average Bonchev–Trinajstić information content (AvgIpc) is 3.29. The lowest BCUT2D eigenvalue weighted by atomic mass is 9.77. The summed E-state index contributed by atoms with van der Waals surface area (Å²) in [6.07, 6.45) is 2.31.